The van der Waals surface area contributed by atoms with Crippen LogP contribution in [0.4, 0.5) is 0 Å². The first-order valence-electron chi connectivity index (χ1n) is 5.85. The average Bonchev–Trinajstić information content (AvgIpc) is 2.42. The Balaban J connectivity index is 3.47. The van der Waals surface area contributed by atoms with Crippen LogP contribution in [0.3, 0.4) is 0 Å². The summed E-state index contributed by atoms with van der Waals surface area (Å²) >= 11 is 0. The van der Waals surface area contributed by atoms with Crippen LogP contribution in [-0.2, 0) is 0 Å². The maximum atomic E-state index is 3.95. The van der Waals surface area contributed by atoms with Crippen molar-refractivity contribution in [2.45, 2.75) is 34.6 Å². The van der Waals surface area contributed by atoms with Gasteiger partial charge < -0.3 is 0 Å². The van der Waals surface area contributed by atoms with Crippen molar-refractivity contribution in [3.8, 4) is 0 Å². The zero-order valence-electron chi connectivity index (χ0n) is 11.1. The second kappa shape index (κ2) is 4.69. The van der Waals surface area contributed by atoms with Crippen LogP contribution in [0.1, 0.15) is 34.6 Å². The fraction of sp³-hybridized carbons (Fsp3) is 0.375. The first-order valence-corrected chi connectivity index (χ1v) is 5.85. The maximum absolute atomic E-state index is 3.95. The van der Waals surface area contributed by atoms with E-state index in [1.54, 1.807) is 0 Å². The summed E-state index contributed by atoms with van der Waals surface area (Å²) in [6.07, 6.45) is 10.6. The summed E-state index contributed by atoms with van der Waals surface area (Å²) in [7, 11) is 0. The Bertz CT molecular complexity index is 409. The molecule has 16 heavy (non-hydrogen) atoms. The van der Waals surface area contributed by atoms with Gasteiger partial charge in [0.25, 0.3) is 0 Å². The van der Waals surface area contributed by atoms with Gasteiger partial charge in [-0.3, -0.25) is 0 Å². The molecule has 0 heteroatoms. The van der Waals surface area contributed by atoms with Crippen molar-refractivity contribution in [1.29, 1.82) is 0 Å². The van der Waals surface area contributed by atoms with Gasteiger partial charge in [-0.05, 0) is 37.5 Å². The summed E-state index contributed by atoms with van der Waals surface area (Å²) in [4.78, 5) is 0. The molecular formula is C16H22. The molecule has 0 heterocycles. The van der Waals surface area contributed by atoms with Crippen LogP contribution in [0.25, 0.3) is 0 Å². The highest BCUT2D eigenvalue weighted by Gasteiger charge is 2.33. The molecule has 1 aliphatic rings. The van der Waals surface area contributed by atoms with E-state index in [1.807, 2.05) is 6.08 Å². The monoisotopic (exact) mass is 214 g/mol. The zero-order valence-corrected chi connectivity index (χ0v) is 11.1. The zero-order chi connectivity index (χ0) is 12.3. The van der Waals surface area contributed by atoms with Gasteiger partial charge in [-0.25, -0.2) is 0 Å². The first-order chi connectivity index (χ1) is 7.50. The number of hydrogen-bond donors (Lipinski definition) is 0. The highest BCUT2D eigenvalue weighted by atomic mass is 14.4. The van der Waals surface area contributed by atoms with E-state index in [4.69, 9.17) is 0 Å². The van der Waals surface area contributed by atoms with Gasteiger partial charge in [0, 0.05) is 5.41 Å². The maximum Gasteiger partial charge on any atom is 0.0117 e. The van der Waals surface area contributed by atoms with Crippen LogP contribution < -0.4 is 0 Å². The molecule has 0 saturated carbocycles. The van der Waals surface area contributed by atoms with Crippen LogP contribution >= 0.6 is 0 Å². The molecule has 0 N–H and O–H groups in total. The van der Waals surface area contributed by atoms with Gasteiger partial charge in [-0.15, -0.1) is 0 Å². The van der Waals surface area contributed by atoms with Crippen LogP contribution in [0, 0.1) is 5.41 Å². The third kappa shape index (κ3) is 1.84. The molecule has 0 radical (unpaired) electrons. The van der Waals surface area contributed by atoms with Gasteiger partial charge in [0.1, 0.15) is 0 Å². The molecule has 0 bridgehead atoms. The standard InChI is InChI=1S/C16H22/c1-7-10-14-12(4)16(5,6)15(11-8-2)13(14)9-3/h7-11H,3H2,1-2,4-6H3/b10-7-,11-8-. The summed E-state index contributed by atoms with van der Waals surface area (Å²) in [6.45, 7) is 14.8. The molecule has 0 nitrogen and oxygen atoms in total. The van der Waals surface area contributed by atoms with Crippen molar-refractivity contribution in [3.05, 3.63) is 59.3 Å². The van der Waals surface area contributed by atoms with Crippen molar-refractivity contribution in [3.63, 3.8) is 0 Å². The second-order valence-corrected chi connectivity index (χ2v) is 4.70. The van der Waals surface area contributed by atoms with Crippen molar-refractivity contribution in [1.82, 2.24) is 0 Å². The van der Waals surface area contributed by atoms with Gasteiger partial charge in [0.2, 0.25) is 0 Å². The molecule has 0 aliphatic heterocycles. The second-order valence-electron chi connectivity index (χ2n) is 4.70. The Morgan fingerprint density at radius 2 is 1.56 bits per heavy atom. The summed E-state index contributed by atoms with van der Waals surface area (Å²) in [5, 5.41) is 0. The van der Waals surface area contributed by atoms with E-state index >= 15 is 0 Å². The molecule has 1 rings (SSSR count). The SMILES string of the molecule is C=CC1=C(/C=C\C)C(C)(C)C(C)=C1/C=C\C. The lowest BCUT2D eigenvalue weighted by atomic mass is 9.80. The van der Waals surface area contributed by atoms with Crippen molar-refractivity contribution < 1.29 is 0 Å². The molecular weight excluding hydrogens is 192 g/mol. The van der Waals surface area contributed by atoms with Crippen LogP contribution in [-0.4, -0.2) is 0 Å². The summed E-state index contributed by atoms with van der Waals surface area (Å²) in [5.74, 6) is 0. The Morgan fingerprint density at radius 3 is 2.00 bits per heavy atom. The van der Waals surface area contributed by atoms with Gasteiger partial charge in [-0.1, -0.05) is 56.4 Å². The molecule has 0 aromatic rings. The van der Waals surface area contributed by atoms with Gasteiger partial charge in [-0.2, -0.15) is 0 Å². The topological polar surface area (TPSA) is 0 Å². The Hall–Kier alpha value is -1.30. The Labute approximate surface area is 99.8 Å². The molecule has 0 aromatic heterocycles. The van der Waals surface area contributed by atoms with Crippen molar-refractivity contribution >= 4 is 0 Å². The molecule has 0 fully saturated rings. The smallest absolute Gasteiger partial charge is 0.0117 e. The number of rotatable bonds is 3. The van der Waals surface area contributed by atoms with Crippen LogP contribution in [0.5, 0.6) is 0 Å². The molecule has 0 saturated heterocycles. The minimum Gasteiger partial charge on any atom is -0.0984 e. The Morgan fingerprint density at radius 1 is 1.00 bits per heavy atom. The van der Waals surface area contributed by atoms with Gasteiger partial charge >= 0.3 is 0 Å². The molecule has 0 atom stereocenters. The van der Waals surface area contributed by atoms with E-state index < -0.39 is 0 Å². The van der Waals surface area contributed by atoms with Gasteiger partial charge in [0.15, 0.2) is 0 Å². The van der Waals surface area contributed by atoms with Crippen molar-refractivity contribution in [2.75, 3.05) is 0 Å². The summed E-state index contributed by atoms with van der Waals surface area (Å²) in [6, 6.07) is 0. The quantitative estimate of drug-likeness (QED) is 0.621. The minimum absolute atomic E-state index is 0.116. The van der Waals surface area contributed by atoms with E-state index in [-0.39, 0.29) is 5.41 Å². The predicted molar refractivity (Wildman–Crippen MR) is 73.3 cm³/mol. The number of hydrogen-bond acceptors (Lipinski definition) is 0. The fourth-order valence-electron chi connectivity index (χ4n) is 2.29. The molecule has 1 aliphatic carbocycles. The first kappa shape index (κ1) is 12.8. The van der Waals surface area contributed by atoms with Crippen LogP contribution in [0.2, 0.25) is 0 Å². The van der Waals surface area contributed by atoms with E-state index in [0.29, 0.717) is 0 Å². The molecule has 0 spiro atoms. The lowest BCUT2D eigenvalue weighted by Gasteiger charge is -2.23. The summed E-state index contributed by atoms with van der Waals surface area (Å²) < 4.78 is 0. The average molecular weight is 214 g/mol. The minimum atomic E-state index is 0.116. The third-order valence-corrected chi connectivity index (χ3v) is 3.47. The predicted octanol–water partition coefficient (Wildman–Crippen LogP) is 4.98. The lowest BCUT2D eigenvalue weighted by molar-refractivity contribution is 0.561. The molecule has 0 amide bonds. The highest BCUT2D eigenvalue weighted by Crippen LogP contribution is 2.47. The van der Waals surface area contributed by atoms with E-state index in [1.165, 1.54) is 22.3 Å². The van der Waals surface area contributed by atoms with Crippen molar-refractivity contribution in [2.24, 2.45) is 5.41 Å². The largest absolute Gasteiger partial charge is 0.0984 e. The normalized spacial score (nSPS) is 20.6. The number of allylic oxidation sites excluding steroid dienone is 9. The highest BCUT2D eigenvalue weighted by molar-refractivity contribution is 5.63. The Kier molecular flexibility index (Phi) is 3.74. The molecule has 86 valence electrons. The third-order valence-electron chi connectivity index (χ3n) is 3.47. The van der Waals surface area contributed by atoms with E-state index in [9.17, 15) is 0 Å². The molecule has 0 unspecified atom stereocenters. The molecule has 0 aromatic carbocycles. The lowest BCUT2D eigenvalue weighted by Crippen LogP contribution is -2.12. The van der Waals surface area contributed by atoms with E-state index in [0.717, 1.165) is 0 Å². The summed E-state index contributed by atoms with van der Waals surface area (Å²) in [5.41, 5.74) is 5.52. The van der Waals surface area contributed by atoms with Crippen LogP contribution in [0.15, 0.2) is 59.3 Å². The van der Waals surface area contributed by atoms with Gasteiger partial charge in [0.05, 0.1) is 0 Å². The van der Waals surface area contributed by atoms with E-state index in [2.05, 4.69) is 65.5 Å². The fourth-order valence-corrected chi connectivity index (χ4v) is 2.29.